The molecule has 2 N–H and O–H groups in total. The lowest BCUT2D eigenvalue weighted by Crippen LogP contribution is -2.18. The summed E-state index contributed by atoms with van der Waals surface area (Å²) in [7, 11) is 0. The third-order valence-electron chi connectivity index (χ3n) is 2.92. The number of hydrogen-bond donors (Lipinski definition) is 1. The molecule has 0 aliphatic rings. The smallest absolute Gasteiger partial charge is 0.154 e. The Kier molecular flexibility index (Phi) is 3.77. The Morgan fingerprint density at radius 2 is 1.83 bits per heavy atom. The van der Waals surface area contributed by atoms with Crippen molar-refractivity contribution >= 4 is 0 Å². The number of benzene rings is 1. The molecule has 0 spiro atoms. The number of aromatic nitrogens is 3. The van der Waals surface area contributed by atoms with E-state index in [4.69, 9.17) is 5.73 Å². The van der Waals surface area contributed by atoms with Gasteiger partial charge in [-0.25, -0.2) is 0 Å². The van der Waals surface area contributed by atoms with Crippen molar-refractivity contribution in [2.24, 2.45) is 11.7 Å². The number of hydrogen-bond acceptors (Lipinski definition) is 3. The molecule has 18 heavy (non-hydrogen) atoms. The van der Waals surface area contributed by atoms with Crippen molar-refractivity contribution in [1.29, 1.82) is 0 Å². The largest absolute Gasteiger partial charge is 0.321 e. The first-order valence-corrected chi connectivity index (χ1v) is 6.32. The van der Waals surface area contributed by atoms with E-state index in [0.717, 1.165) is 23.8 Å². The summed E-state index contributed by atoms with van der Waals surface area (Å²) in [6.07, 6.45) is 0.908. The van der Waals surface area contributed by atoms with Crippen LogP contribution in [0.25, 0.3) is 5.69 Å². The van der Waals surface area contributed by atoms with Gasteiger partial charge in [0, 0.05) is 5.69 Å². The molecule has 0 aliphatic carbocycles. The summed E-state index contributed by atoms with van der Waals surface area (Å²) in [4.78, 5) is 0. The summed E-state index contributed by atoms with van der Waals surface area (Å²) in [5.41, 5.74) is 7.29. The Morgan fingerprint density at radius 3 is 2.44 bits per heavy atom. The quantitative estimate of drug-likeness (QED) is 0.899. The molecule has 96 valence electrons. The molecular formula is C14H20N4. The molecule has 0 saturated heterocycles. The minimum absolute atomic E-state index is 0.0774. The molecule has 0 fully saturated rings. The maximum absolute atomic E-state index is 6.22. The monoisotopic (exact) mass is 244 g/mol. The van der Waals surface area contributed by atoms with Gasteiger partial charge in [0.2, 0.25) is 0 Å². The van der Waals surface area contributed by atoms with Gasteiger partial charge in [-0.2, -0.15) is 0 Å². The first kappa shape index (κ1) is 12.8. The second-order valence-electron chi connectivity index (χ2n) is 5.01. The fourth-order valence-corrected chi connectivity index (χ4v) is 2.13. The van der Waals surface area contributed by atoms with Gasteiger partial charge in [-0.3, -0.25) is 4.57 Å². The summed E-state index contributed by atoms with van der Waals surface area (Å²) in [6.45, 7) is 6.28. The second-order valence-corrected chi connectivity index (χ2v) is 5.01. The Labute approximate surface area is 108 Å². The molecular weight excluding hydrogens is 224 g/mol. The molecule has 1 heterocycles. The molecule has 0 unspecified atom stereocenters. The minimum Gasteiger partial charge on any atom is -0.321 e. The lowest BCUT2D eigenvalue weighted by Gasteiger charge is -2.15. The number of aryl methyl sites for hydroxylation is 1. The zero-order valence-electron chi connectivity index (χ0n) is 11.2. The summed E-state index contributed by atoms with van der Waals surface area (Å²) in [5, 5.41) is 8.39. The van der Waals surface area contributed by atoms with Crippen LogP contribution in [0.5, 0.6) is 0 Å². The topological polar surface area (TPSA) is 56.7 Å². The van der Waals surface area contributed by atoms with E-state index >= 15 is 0 Å². The van der Waals surface area contributed by atoms with E-state index in [1.165, 1.54) is 0 Å². The van der Waals surface area contributed by atoms with E-state index < -0.39 is 0 Å². The standard InChI is InChI=1S/C14H20N4/c1-10(2)9-13(15)14-17-16-11(3)18(14)12-7-5-4-6-8-12/h4-8,10,13H,9,15H2,1-3H3/t13-/m0/s1. The normalized spacial score (nSPS) is 12.9. The summed E-state index contributed by atoms with van der Waals surface area (Å²) >= 11 is 0. The van der Waals surface area contributed by atoms with Crippen molar-refractivity contribution in [2.45, 2.75) is 33.2 Å². The van der Waals surface area contributed by atoms with Crippen LogP contribution in [0.3, 0.4) is 0 Å². The third kappa shape index (κ3) is 2.59. The van der Waals surface area contributed by atoms with Gasteiger partial charge in [-0.15, -0.1) is 10.2 Å². The van der Waals surface area contributed by atoms with Crippen molar-refractivity contribution in [3.63, 3.8) is 0 Å². The van der Waals surface area contributed by atoms with Crippen LogP contribution in [0.2, 0.25) is 0 Å². The SMILES string of the molecule is Cc1nnc([C@@H](N)CC(C)C)n1-c1ccccc1. The summed E-state index contributed by atoms with van der Waals surface area (Å²) in [6, 6.07) is 10.0. The van der Waals surface area contributed by atoms with Crippen molar-refractivity contribution in [3.8, 4) is 5.69 Å². The zero-order valence-corrected chi connectivity index (χ0v) is 11.2. The van der Waals surface area contributed by atoms with Crippen LogP contribution in [0, 0.1) is 12.8 Å². The average molecular weight is 244 g/mol. The maximum atomic E-state index is 6.22. The van der Waals surface area contributed by atoms with E-state index in [9.17, 15) is 0 Å². The van der Waals surface area contributed by atoms with Crippen LogP contribution < -0.4 is 5.73 Å². The van der Waals surface area contributed by atoms with Gasteiger partial charge in [0.05, 0.1) is 6.04 Å². The molecule has 0 amide bonds. The molecule has 0 aliphatic heterocycles. The summed E-state index contributed by atoms with van der Waals surface area (Å²) in [5.74, 6) is 2.25. The molecule has 2 aromatic rings. The minimum atomic E-state index is -0.0774. The zero-order chi connectivity index (χ0) is 13.1. The van der Waals surface area contributed by atoms with Gasteiger partial charge < -0.3 is 5.73 Å². The Morgan fingerprint density at radius 1 is 1.17 bits per heavy atom. The van der Waals surface area contributed by atoms with Gasteiger partial charge in [0.15, 0.2) is 5.82 Å². The highest BCUT2D eigenvalue weighted by Crippen LogP contribution is 2.21. The Hall–Kier alpha value is -1.68. The lowest BCUT2D eigenvalue weighted by atomic mass is 10.0. The molecule has 2 rings (SSSR count). The summed E-state index contributed by atoms with van der Waals surface area (Å²) < 4.78 is 2.03. The predicted octanol–water partition coefficient (Wildman–Crippen LogP) is 2.62. The lowest BCUT2D eigenvalue weighted by molar-refractivity contribution is 0.487. The fraction of sp³-hybridized carbons (Fsp3) is 0.429. The van der Waals surface area contributed by atoms with Gasteiger partial charge in [0.1, 0.15) is 5.82 Å². The van der Waals surface area contributed by atoms with E-state index in [1.54, 1.807) is 0 Å². The van der Waals surface area contributed by atoms with E-state index in [2.05, 4.69) is 24.0 Å². The Bertz CT molecular complexity index is 502. The Balaban J connectivity index is 2.39. The van der Waals surface area contributed by atoms with Crippen LogP contribution >= 0.6 is 0 Å². The first-order chi connectivity index (χ1) is 8.59. The van der Waals surface area contributed by atoms with Crippen LogP contribution in [0.15, 0.2) is 30.3 Å². The van der Waals surface area contributed by atoms with Gasteiger partial charge in [0.25, 0.3) is 0 Å². The van der Waals surface area contributed by atoms with E-state index in [-0.39, 0.29) is 6.04 Å². The molecule has 4 nitrogen and oxygen atoms in total. The van der Waals surface area contributed by atoms with Gasteiger partial charge in [-0.05, 0) is 31.4 Å². The average Bonchev–Trinajstić information content (AvgIpc) is 2.71. The number of nitrogens with two attached hydrogens (primary N) is 1. The predicted molar refractivity (Wildman–Crippen MR) is 72.5 cm³/mol. The van der Waals surface area contributed by atoms with Crippen molar-refractivity contribution < 1.29 is 0 Å². The highest BCUT2D eigenvalue weighted by Gasteiger charge is 2.18. The molecule has 0 bridgehead atoms. The van der Waals surface area contributed by atoms with Crippen molar-refractivity contribution in [3.05, 3.63) is 42.0 Å². The fourth-order valence-electron chi connectivity index (χ4n) is 2.13. The first-order valence-electron chi connectivity index (χ1n) is 6.32. The van der Waals surface area contributed by atoms with Crippen LogP contribution in [-0.2, 0) is 0 Å². The van der Waals surface area contributed by atoms with E-state index in [1.807, 2.05) is 41.8 Å². The molecule has 4 heteroatoms. The third-order valence-corrected chi connectivity index (χ3v) is 2.92. The second kappa shape index (κ2) is 5.31. The maximum Gasteiger partial charge on any atom is 0.154 e. The molecule has 1 aromatic carbocycles. The highest BCUT2D eigenvalue weighted by molar-refractivity contribution is 5.34. The van der Waals surface area contributed by atoms with Gasteiger partial charge >= 0.3 is 0 Å². The molecule has 1 aromatic heterocycles. The molecule has 0 saturated carbocycles. The van der Waals surface area contributed by atoms with Crippen LogP contribution in [0.4, 0.5) is 0 Å². The highest BCUT2D eigenvalue weighted by atomic mass is 15.3. The van der Waals surface area contributed by atoms with Crippen LogP contribution in [0.1, 0.15) is 38.0 Å². The molecule has 0 radical (unpaired) electrons. The van der Waals surface area contributed by atoms with Gasteiger partial charge in [-0.1, -0.05) is 32.0 Å². The number of rotatable bonds is 4. The number of para-hydroxylation sites is 1. The van der Waals surface area contributed by atoms with Crippen LogP contribution in [-0.4, -0.2) is 14.8 Å². The van der Waals surface area contributed by atoms with Crippen molar-refractivity contribution in [2.75, 3.05) is 0 Å². The number of nitrogens with zero attached hydrogens (tertiary/aromatic N) is 3. The van der Waals surface area contributed by atoms with Crippen molar-refractivity contribution in [1.82, 2.24) is 14.8 Å². The van der Waals surface area contributed by atoms with E-state index in [0.29, 0.717) is 5.92 Å². The molecule has 1 atom stereocenters.